The average molecular weight is 1280 g/mol. The van der Waals surface area contributed by atoms with E-state index in [2.05, 4.69) is 117 Å². The van der Waals surface area contributed by atoms with Gasteiger partial charge in [0.25, 0.3) is 0 Å². The number of nitrogens with one attached hydrogen (secondary N) is 6. The minimum absolute atomic E-state index is 0.105. The summed E-state index contributed by atoms with van der Waals surface area (Å²) in [5.41, 5.74) is 3.75. The molecule has 370 valence electrons. The summed E-state index contributed by atoms with van der Waals surface area (Å²) in [6, 6.07) is 23.7. The van der Waals surface area contributed by atoms with Crippen molar-refractivity contribution in [1.29, 1.82) is 10.5 Å². The maximum Gasteiger partial charge on any atom is 0.319 e. The molecule has 2 aliphatic heterocycles. The molecule has 2 aliphatic rings. The molecule has 19 nitrogen and oxygen atoms in total. The molecule has 6 aromatic rings. The van der Waals surface area contributed by atoms with E-state index >= 15 is 0 Å². The van der Waals surface area contributed by atoms with Gasteiger partial charge in [0.1, 0.15) is 0 Å². The van der Waals surface area contributed by atoms with Gasteiger partial charge in [-0.15, -0.1) is 11.3 Å². The number of sulfonamides is 2. The summed E-state index contributed by atoms with van der Waals surface area (Å²) in [5, 5.41) is 37.3. The summed E-state index contributed by atoms with van der Waals surface area (Å²) in [6.07, 6.45) is 8.39. The van der Waals surface area contributed by atoms with E-state index in [-0.39, 0.29) is 48.1 Å². The van der Waals surface area contributed by atoms with E-state index < -0.39 is 44.2 Å². The number of hydrogen-bond acceptors (Lipinski definition) is 13. The molecule has 0 bridgehead atoms. The SMILES string of the molecule is Cc1nc(-c2cccc(NC(=O)NC[C@H]3C[C@@H](NS(=O)(=O)c4cc(Br)ccc4Br)CN3C#N)c2)cs1.N#CN1C[C@H](NS(=O)(=O)c2cc(Br)ccc2Br)C[C@@H]1CNC(=O)Nc1cccc(-n2cccn2)c1. The highest BCUT2D eigenvalue weighted by atomic mass is 79.9. The summed E-state index contributed by atoms with van der Waals surface area (Å²) in [5.74, 6) is 0. The molecule has 4 amide bonds. The second-order valence-corrected chi connectivity index (χ2v) is 24.0. The number of urea groups is 2. The van der Waals surface area contributed by atoms with E-state index in [1.54, 1.807) is 83.0 Å². The molecule has 8 rings (SSSR count). The van der Waals surface area contributed by atoms with Crippen LogP contribution in [0.4, 0.5) is 21.0 Å². The first kappa shape index (κ1) is 53.4. The van der Waals surface area contributed by atoms with Crippen molar-refractivity contribution in [1.82, 2.24) is 44.6 Å². The van der Waals surface area contributed by atoms with Crippen LogP contribution in [0.2, 0.25) is 0 Å². The molecule has 4 aromatic carbocycles. The van der Waals surface area contributed by atoms with Crippen molar-refractivity contribution in [2.24, 2.45) is 0 Å². The fourth-order valence-corrected chi connectivity index (χ4v) is 13.8. The number of anilines is 2. The molecule has 0 saturated carbocycles. The van der Waals surface area contributed by atoms with Gasteiger partial charge in [-0.05, 0) is 124 Å². The highest BCUT2D eigenvalue weighted by Crippen LogP contribution is 2.30. The Labute approximate surface area is 448 Å². The van der Waals surface area contributed by atoms with Crippen LogP contribution in [-0.2, 0) is 20.0 Å². The Morgan fingerprint density at radius 1 is 0.718 bits per heavy atom. The quantitative estimate of drug-likeness (QED) is 0.0566. The van der Waals surface area contributed by atoms with Crippen LogP contribution < -0.4 is 30.7 Å². The summed E-state index contributed by atoms with van der Waals surface area (Å²) < 4.78 is 60.8. The third kappa shape index (κ3) is 14.4. The normalized spacial score (nSPS) is 17.6. The topological polar surface area (TPSA) is 259 Å². The van der Waals surface area contributed by atoms with Crippen LogP contribution in [0.5, 0.6) is 0 Å². The molecule has 0 radical (unpaired) electrons. The molecule has 6 N–H and O–H groups in total. The largest absolute Gasteiger partial charge is 0.336 e. The molecular formula is C45H43Br4N13O6S3. The van der Waals surface area contributed by atoms with Gasteiger partial charge in [0, 0.05) is 90.9 Å². The van der Waals surface area contributed by atoms with Gasteiger partial charge in [0.05, 0.1) is 38.3 Å². The van der Waals surface area contributed by atoms with Crippen LogP contribution in [0.1, 0.15) is 17.8 Å². The molecule has 0 spiro atoms. The average Bonchev–Trinajstić information content (AvgIpc) is 4.18. The molecular weight excluding hydrogens is 1230 g/mol. The number of benzene rings is 4. The van der Waals surface area contributed by atoms with Gasteiger partial charge >= 0.3 is 12.1 Å². The van der Waals surface area contributed by atoms with Crippen molar-refractivity contribution in [3.05, 3.63) is 132 Å². The Kier molecular flexibility index (Phi) is 17.9. The van der Waals surface area contributed by atoms with Crippen molar-refractivity contribution in [2.45, 2.75) is 53.7 Å². The van der Waals surface area contributed by atoms with Crippen LogP contribution in [0.25, 0.3) is 16.9 Å². The number of aromatic nitrogens is 3. The molecule has 0 aliphatic carbocycles. The highest BCUT2D eigenvalue weighted by Gasteiger charge is 2.36. The second kappa shape index (κ2) is 23.9. The zero-order valence-electron chi connectivity index (χ0n) is 37.3. The number of carbonyl (C=O) groups is 2. The summed E-state index contributed by atoms with van der Waals surface area (Å²) in [7, 11) is -7.63. The zero-order chi connectivity index (χ0) is 50.9. The molecule has 4 atom stereocenters. The minimum Gasteiger partial charge on any atom is -0.336 e. The lowest BCUT2D eigenvalue weighted by molar-refractivity contribution is 0.247. The number of nitriles is 2. The molecule has 4 heterocycles. The van der Waals surface area contributed by atoms with Gasteiger partial charge in [-0.25, -0.2) is 45.5 Å². The fourth-order valence-electron chi connectivity index (χ4n) is 7.74. The molecule has 2 fully saturated rings. The van der Waals surface area contributed by atoms with Crippen molar-refractivity contribution < 1.29 is 26.4 Å². The van der Waals surface area contributed by atoms with Crippen LogP contribution in [0.3, 0.4) is 0 Å². The Hall–Kier alpha value is -5.42. The predicted octanol–water partition coefficient (Wildman–Crippen LogP) is 8.09. The number of thiazole rings is 1. The number of nitrogens with zero attached hydrogens (tertiary/aromatic N) is 7. The van der Waals surface area contributed by atoms with Crippen molar-refractivity contribution in [3.63, 3.8) is 0 Å². The van der Waals surface area contributed by atoms with Crippen molar-refractivity contribution in [3.8, 4) is 29.3 Å². The lowest BCUT2D eigenvalue weighted by atomic mass is 10.1. The van der Waals surface area contributed by atoms with E-state index in [4.69, 9.17) is 0 Å². The highest BCUT2D eigenvalue weighted by molar-refractivity contribution is 9.11. The maximum absolute atomic E-state index is 12.9. The summed E-state index contributed by atoms with van der Waals surface area (Å²) in [6.45, 7) is 2.72. The van der Waals surface area contributed by atoms with E-state index in [0.717, 1.165) is 22.0 Å². The second-order valence-electron chi connectivity index (χ2n) is 16.1. The Morgan fingerprint density at radius 2 is 1.24 bits per heavy atom. The molecule has 2 aromatic heterocycles. The number of rotatable bonds is 14. The smallest absolute Gasteiger partial charge is 0.319 e. The first-order valence-electron chi connectivity index (χ1n) is 21.4. The first-order valence-corrected chi connectivity index (χ1v) is 28.4. The van der Waals surface area contributed by atoms with E-state index in [1.165, 1.54) is 21.9 Å². The monoisotopic (exact) mass is 1270 g/mol. The van der Waals surface area contributed by atoms with E-state index in [1.807, 2.05) is 36.6 Å². The van der Waals surface area contributed by atoms with Crippen LogP contribution in [-0.4, -0.2) is 104 Å². The fraction of sp³-hybridized carbons (Fsp3) is 0.244. The van der Waals surface area contributed by atoms with Crippen LogP contribution in [0, 0.1) is 29.8 Å². The van der Waals surface area contributed by atoms with Gasteiger partial charge < -0.3 is 31.1 Å². The van der Waals surface area contributed by atoms with Gasteiger partial charge in [-0.3, -0.25) is 0 Å². The Balaban J connectivity index is 0.000000209. The molecule has 2 saturated heterocycles. The first-order chi connectivity index (χ1) is 33.9. The lowest BCUT2D eigenvalue weighted by Gasteiger charge is -2.18. The number of aryl methyl sites for hydroxylation is 1. The van der Waals surface area contributed by atoms with Crippen LogP contribution >= 0.6 is 75.1 Å². The molecule has 71 heavy (non-hydrogen) atoms. The van der Waals surface area contributed by atoms with Gasteiger partial charge in [0.15, 0.2) is 12.4 Å². The number of amides is 4. The third-order valence-electron chi connectivity index (χ3n) is 11.0. The summed E-state index contributed by atoms with van der Waals surface area (Å²) >= 11 is 14.7. The number of likely N-dealkylation sites (tertiary alicyclic amines) is 2. The van der Waals surface area contributed by atoms with Gasteiger partial charge in [0.2, 0.25) is 20.0 Å². The van der Waals surface area contributed by atoms with Crippen molar-refractivity contribution >= 4 is 119 Å². The Bertz CT molecular complexity index is 3210. The Morgan fingerprint density at radius 3 is 1.72 bits per heavy atom. The number of hydrogen-bond donors (Lipinski definition) is 6. The van der Waals surface area contributed by atoms with Crippen LogP contribution in [0.15, 0.2) is 136 Å². The predicted molar refractivity (Wildman–Crippen MR) is 283 cm³/mol. The molecule has 26 heteroatoms. The minimum atomic E-state index is -3.82. The van der Waals surface area contributed by atoms with E-state index in [0.29, 0.717) is 42.1 Å². The maximum atomic E-state index is 12.9. The van der Waals surface area contributed by atoms with Crippen molar-refractivity contribution in [2.75, 3.05) is 36.8 Å². The van der Waals surface area contributed by atoms with E-state index in [9.17, 15) is 36.9 Å². The standard InChI is InChI=1S/C23H22Br2N6O3S2.C22H21Br2N7O3S/c1-14-28-21(12-35-14)15-3-2-4-17(7-15)29-23(32)27-10-19-9-18(11-31(19)13-26)30-36(33,34)22-8-16(24)5-6-20(22)25;23-15-5-6-20(24)21(9-15)35(33,34)29-17-11-19(30(13-17)14-25)12-26-22(32)28-16-3-1-4-18(10-16)31-8-2-7-27-31/h2-8,12,18-19,30H,9-11H2,1H3,(H2,27,29,32);1-10,17,19,29H,11-13H2,(H2,26,28,32)/t18-,19-;17-,19-/m11/s1. The van der Waals surface area contributed by atoms with Gasteiger partial charge in [-0.1, -0.05) is 50.1 Å². The zero-order valence-corrected chi connectivity index (χ0v) is 46.1. The number of carbonyl (C=O) groups excluding carboxylic acids is 2. The third-order valence-corrected chi connectivity index (χ3v) is 17.8. The van der Waals surface area contributed by atoms with Gasteiger partial charge in [-0.2, -0.15) is 15.6 Å². The lowest BCUT2D eigenvalue weighted by Crippen LogP contribution is -2.39. The number of halogens is 4. The molecule has 0 unspecified atom stereocenters. The summed E-state index contributed by atoms with van der Waals surface area (Å²) in [4.78, 5) is 32.6.